The second kappa shape index (κ2) is 8.09. The Morgan fingerprint density at radius 3 is 2.81 bits per heavy atom. The lowest BCUT2D eigenvalue weighted by Crippen LogP contribution is -2.22. The van der Waals surface area contributed by atoms with E-state index < -0.39 is 5.82 Å². The largest absolute Gasteiger partial charge is 0.495 e. The van der Waals surface area contributed by atoms with Gasteiger partial charge in [-0.15, -0.1) is 0 Å². The van der Waals surface area contributed by atoms with Crippen molar-refractivity contribution in [3.8, 4) is 11.4 Å². The fourth-order valence-electron chi connectivity index (χ4n) is 2.52. The number of aryl methyl sites for hydroxylation is 1. The molecule has 0 saturated carbocycles. The van der Waals surface area contributed by atoms with Crippen molar-refractivity contribution in [2.24, 2.45) is 0 Å². The Balaban J connectivity index is 1.64. The summed E-state index contributed by atoms with van der Waals surface area (Å²) >= 11 is 6.06. The molecule has 1 heterocycles. The van der Waals surface area contributed by atoms with Crippen molar-refractivity contribution in [3.05, 3.63) is 65.2 Å². The fourth-order valence-corrected chi connectivity index (χ4v) is 2.67. The predicted molar refractivity (Wildman–Crippen MR) is 103 cm³/mol. The smallest absolute Gasteiger partial charge is 0.243 e. The van der Waals surface area contributed by atoms with Crippen molar-refractivity contribution in [2.75, 3.05) is 24.3 Å². The van der Waals surface area contributed by atoms with E-state index in [1.807, 2.05) is 6.92 Å². The summed E-state index contributed by atoms with van der Waals surface area (Å²) in [5.41, 5.74) is 2.15. The number of ether oxygens (including phenoxy) is 1. The first-order valence-corrected chi connectivity index (χ1v) is 8.53. The van der Waals surface area contributed by atoms with Crippen LogP contribution in [0, 0.1) is 12.7 Å². The minimum absolute atomic E-state index is 0.0363. The molecule has 0 aliphatic carbocycles. The van der Waals surface area contributed by atoms with Gasteiger partial charge in [-0.1, -0.05) is 11.6 Å². The molecule has 0 bridgehead atoms. The summed E-state index contributed by atoms with van der Waals surface area (Å²) in [6, 6.07) is 9.68. The number of hydrogen-bond donors (Lipinski definition) is 2. The lowest BCUT2D eigenvalue weighted by molar-refractivity contribution is -0.114. The number of carbonyl (C=O) groups is 1. The molecule has 0 radical (unpaired) electrons. The summed E-state index contributed by atoms with van der Waals surface area (Å²) in [7, 11) is 1.50. The first kappa shape index (κ1) is 18.7. The van der Waals surface area contributed by atoms with Crippen LogP contribution in [0.2, 0.25) is 5.02 Å². The summed E-state index contributed by atoms with van der Waals surface area (Å²) in [5.74, 6) is -0.278. The van der Waals surface area contributed by atoms with Gasteiger partial charge in [0, 0.05) is 29.2 Å². The molecule has 0 spiro atoms. The maximum atomic E-state index is 14.2. The van der Waals surface area contributed by atoms with Gasteiger partial charge in [-0.2, -0.15) is 5.10 Å². The highest BCUT2D eigenvalue weighted by Gasteiger charge is 2.11. The Morgan fingerprint density at radius 1 is 1.33 bits per heavy atom. The van der Waals surface area contributed by atoms with Crippen LogP contribution in [0.5, 0.6) is 5.75 Å². The molecule has 0 unspecified atom stereocenters. The van der Waals surface area contributed by atoms with Crippen LogP contribution in [-0.2, 0) is 4.79 Å². The van der Waals surface area contributed by atoms with E-state index in [9.17, 15) is 9.18 Å². The van der Waals surface area contributed by atoms with E-state index in [2.05, 4.69) is 15.7 Å². The molecule has 27 heavy (non-hydrogen) atoms. The normalized spacial score (nSPS) is 10.5. The maximum absolute atomic E-state index is 14.2. The number of benzene rings is 2. The van der Waals surface area contributed by atoms with E-state index in [0.29, 0.717) is 27.8 Å². The number of methoxy groups -OCH3 is 1. The number of rotatable bonds is 6. The summed E-state index contributed by atoms with van der Waals surface area (Å²) < 4.78 is 20.9. The van der Waals surface area contributed by atoms with Gasteiger partial charge >= 0.3 is 0 Å². The lowest BCUT2D eigenvalue weighted by Gasteiger charge is -2.13. The minimum atomic E-state index is -0.445. The number of carbonyl (C=O) groups excluding carboxylic acids is 1. The van der Waals surface area contributed by atoms with Crippen LogP contribution in [0.1, 0.15) is 5.56 Å². The molecule has 3 rings (SSSR count). The number of hydrogen-bond acceptors (Lipinski definition) is 4. The number of amides is 1. The molecule has 0 fully saturated rings. The zero-order valence-corrected chi connectivity index (χ0v) is 15.5. The van der Waals surface area contributed by atoms with E-state index in [4.69, 9.17) is 16.3 Å². The van der Waals surface area contributed by atoms with Crippen molar-refractivity contribution in [2.45, 2.75) is 6.92 Å². The standard InChI is InChI=1S/C19H18ClFN4O2/c1-12-8-16(18(27-2)10-14(12)20)24-19(26)11-22-13-4-5-17(15(21)9-13)25-7-3-6-23-25/h3-10,22H,11H2,1-2H3,(H,24,26). The Labute approximate surface area is 160 Å². The molecule has 2 aromatic carbocycles. The quantitative estimate of drug-likeness (QED) is 0.669. The Kier molecular flexibility index (Phi) is 5.61. The van der Waals surface area contributed by atoms with Crippen molar-refractivity contribution < 1.29 is 13.9 Å². The summed E-state index contributed by atoms with van der Waals surface area (Å²) in [5, 5.41) is 10.2. The van der Waals surface area contributed by atoms with E-state index >= 15 is 0 Å². The zero-order valence-electron chi connectivity index (χ0n) is 14.8. The van der Waals surface area contributed by atoms with Crippen LogP contribution in [0.4, 0.5) is 15.8 Å². The minimum Gasteiger partial charge on any atom is -0.495 e. The van der Waals surface area contributed by atoms with Gasteiger partial charge in [-0.05, 0) is 42.8 Å². The van der Waals surface area contributed by atoms with Crippen LogP contribution in [0.15, 0.2) is 48.8 Å². The number of aromatic nitrogens is 2. The van der Waals surface area contributed by atoms with E-state index in [-0.39, 0.29) is 12.5 Å². The average Bonchev–Trinajstić information content (AvgIpc) is 3.17. The summed E-state index contributed by atoms with van der Waals surface area (Å²) in [6.45, 7) is 1.80. The molecule has 0 atom stereocenters. The van der Waals surface area contributed by atoms with E-state index in [1.165, 1.54) is 17.9 Å². The molecule has 0 saturated heterocycles. The first-order valence-electron chi connectivity index (χ1n) is 8.15. The summed E-state index contributed by atoms with van der Waals surface area (Å²) in [6.07, 6.45) is 3.23. The number of halogens is 2. The molecule has 2 N–H and O–H groups in total. The Hall–Kier alpha value is -3.06. The van der Waals surface area contributed by atoms with Crippen molar-refractivity contribution >= 4 is 28.9 Å². The van der Waals surface area contributed by atoms with Crippen molar-refractivity contribution in [1.82, 2.24) is 9.78 Å². The second-order valence-electron chi connectivity index (χ2n) is 5.82. The van der Waals surface area contributed by atoms with Crippen LogP contribution < -0.4 is 15.4 Å². The fraction of sp³-hybridized carbons (Fsp3) is 0.158. The van der Waals surface area contributed by atoms with E-state index in [1.54, 1.807) is 42.7 Å². The van der Waals surface area contributed by atoms with Gasteiger partial charge in [0.25, 0.3) is 0 Å². The molecular formula is C19H18ClFN4O2. The highest BCUT2D eigenvalue weighted by Crippen LogP contribution is 2.30. The van der Waals surface area contributed by atoms with Crippen molar-refractivity contribution in [1.29, 1.82) is 0 Å². The third kappa shape index (κ3) is 4.38. The lowest BCUT2D eigenvalue weighted by atomic mass is 10.2. The third-order valence-corrected chi connectivity index (χ3v) is 4.31. The van der Waals surface area contributed by atoms with Crippen LogP contribution in [0.25, 0.3) is 5.69 Å². The molecule has 1 amide bonds. The molecule has 3 aromatic rings. The number of nitrogens with zero attached hydrogens (tertiary/aromatic N) is 2. The second-order valence-corrected chi connectivity index (χ2v) is 6.23. The Bertz CT molecular complexity index is 961. The SMILES string of the molecule is COc1cc(Cl)c(C)cc1NC(=O)CNc1ccc(-n2cccn2)c(F)c1. The number of anilines is 2. The van der Waals surface area contributed by atoms with Crippen molar-refractivity contribution in [3.63, 3.8) is 0 Å². The third-order valence-electron chi connectivity index (χ3n) is 3.91. The van der Waals surface area contributed by atoms with Gasteiger partial charge in [0.1, 0.15) is 11.4 Å². The molecule has 140 valence electrons. The van der Waals surface area contributed by atoms with Gasteiger partial charge in [0.15, 0.2) is 5.82 Å². The van der Waals surface area contributed by atoms with Crippen LogP contribution >= 0.6 is 11.6 Å². The average molecular weight is 389 g/mol. The van der Waals surface area contributed by atoms with Gasteiger partial charge < -0.3 is 15.4 Å². The Morgan fingerprint density at radius 2 is 2.15 bits per heavy atom. The molecule has 0 aliphatic rings. The highest BCUT2D eigenvalue weighted by molar-refractivity contribution is 6.31. The van der Waals surface area contributed by atoms with Crippen LogP contribution in [0.3, 0.4) is 0 Å². The van der Waals surface area contributed by atoms with Gasteiger partial charge in [0.2, 0.25) is 5.91 Å². The zero-order chi connectivity index (χ0) is 19.4. The molecule has 0 aliphatic heterocycles. The van der Waals surface area contributed by atoms with Gasteiger partial charge in [0.05, 0.1) is 19.3 Å². The summed E-state index contributed by atoms with van der Waals surface area (Å²) in [4.78, 5) is 12.2. The first-order chi connectivity index (χ1) is 13.0. The highest BCUT2D eigenvalue weighted by atomic mass is 35.5. The topological polar surface area (TPSA) is 68.2 Å². The maximum Gasteiger partial charge on any atom is 0.243 e. The van der Waals surface area contributed by atoms with Crippen LogP contribution in [-0.4, -0.2) is 29.3 Å². The molecular weight excluding hydrogens is 371 g/mol. The molecule has 6 nitrogen and oxygen atoms in total. The van der Waals surface area contributed by atoms with Gasteiger partial charge in [-0.25, -0.2) is 9.07 Å². The molecule has 8 heteroatoms. The molecule has 1 aromatic heterocycles. The van der Waals surface area contributed by atoms with Gasteiger partial charge in [-0.3, -0.25) is 4.79 Å². The number of nitrogens with one attached hydrogen (secondary N) is 2. The van der Waals surface area contributed by atoms with E-state index in [0.717, 1.165) is 5.56 Å². The monoisotopic (exact) mass is 388 g/mol. The predicted octanol–water partition coefficient (Wildman–Crippen LogP) is 4.03.